The lowest BCUT2D eigenvalue weighted by Crippen LogP contribution is -2.30. The predicted molar refractivity (Wildman–Crippen MR) is 75.4 cm³/mol. The molecule has 0 fully saturated rings. The highest BCUT2D eigenvalue weighted by molar-refractivity contribution is 5.80. The monoisotopic (exact) mass is 275 g/mol. The molecule has 0 atom stereocenters. The largest absolute Gasteiger partial charge is 0.352 e. The second-order valence-electron chi connectivity index (χ2n) is 4.66. The first kappa shape index (κ1) is 14.2. The maximum atomic E-state index is 11.9. The number of nitro benzene ring substituents is 1. The van der Waals surface area contributed by atoms with Gasteiger partial charge in [0.2, 0.25) is 5.91 Å². The van der Waals surface area contributed by atoms with Crippen molar-refractivity contribution in [3.63, 3.8) is 0 Å². The van der Waals surface area contributed by atoms with Gasteiger partial charge in [-0.2, -0.15) is 0 Å². The number of hydrogen-bond acceptors (Lipinski definition) is 4. The number of carbonyl (C=O) groups excluding carboxylic acids is 1. The number of amides is 1. The Labute approximate surface area is 117 Å². The van der Waals surface area contributed by atoms with Crippen molar-refractivity contribution in [2.75, 3.05) is 19.6 Å². The van der Waals surface area contributed by atoms with Gasteiger partial charge in [-0.3, -0.25) is 14.9 Å². The van der Waals surface area contributed by atoms with Crippen molar-refractivity contribution in [2.45, 2.75) is 12.8 Å². The van der Waals surface area contributed by atoms with E-state index in [1.54, 1.807) is 18.2 Å². The first-order valence-corrected chi connectivity index (χ1v) is 6.54. The van der Waals surface area contributed by atoms with E-state index >= 15 is 0 Å². The van der Waals surface area contributed by atoms with Crippen LogP contribution in [0.4, 0.5) is 5.69 Å². The zero-order valence-corrected chi connectivity index (χ0v) is 11.1. The molecule has 0 aromatic heterocycles. The number of para-hydroxylation sites is 1. The number of nitrogens with zero attached hydrogens (tertiary/aromatic N) is 1. The first-order chi connectivity index (χ1) is 9.66. The number of rotatable bonds is 5. The molecule has 0 aliphatic carbocycles. The Morgan fingerprint density at radius 1 is 1.40 bits per heavy atom. The molecule has 0 spiro atoms. The summed E-state index contributed by atoms with van der Waals surface area (Å²) in [6.07, 6.45) is 3.02. The minimum absolute atomic E-state index is 0.0104. The zero-order chi connectivity index (χ0) is 14.4. The first-order valence-electron chi connectivity index (χ1n) is 6.54. The summed E-state index contributed by atoms with van der Waals surface area (Å²) < 4.78 is 0. The molecule has 0 bridgehead atoms. The van der Waals surface area contributed by atoms with Crippen LogP contribution in [0.25, 0.3) is 0 Å². The highest BCUT2D eigenvalue weighted by atomic mass is 16.6. The third-order valence-corrected chi connectivity index (χ3v) is 3.21. The van der Waals surface area contributed by atoms with Gasteiger partial charge in [0, 0.05) is 24.7 Å². The van der Waals surface area contributed by atoms with Gasteiger partial charge in [-0.15, -0.1) is 0 Å². The van der Waals surface area contributed by atoms with E-state index in [9.17, 15) is 14.9 Å². The van der Waals surface area contributed by atoms with Crippen LogP contribution in [0.5, 0.6) is 0 Å². The standard InChI is InChI=1S/C14H17N3O3/c18-14(16-10-11-5-7-15-8-6-11)9-12-3-1-2-4-13(12)17(19)20/h1-5,15H,6-10H2,(H,16,18). The predicted octanol–water partition coefficient (Wildman–Crippen LogP) is 1.17. The Morgan fingerprint density at radius 3 is 2.90 bits per heavy atom. The van der Waals surface area contributed by atoms with E-state index in [1.807, 2.05) is 0 Å². The second-order valence-corrected chi connectivity index (χ2v) is 4.66. The Bertz CT molecular complexity index is 540. The van der Waals surface area contributed by atoms with E-state index in [0.29, 0.717) is 12.1 Å². The fourth-order valence-corrected chi connectivity index (χ4v) is 2.12. The van der Waals surface area contributed by atoms with Crippen molar-refractivity contribution in [1.29, 1.82) is 0 Å². The number of nitro groups is 1. The molecule has 0 unspecified atom stereocenters. The molecule has 2 N–H and O–H groups in total. The average Bonchev–Trinajstić information content (AvgIpc) is 2.46. The maximum absolute atomic E-state index is 11.9. The van der Waals surface area contributed by atoms with Crippen LogP contribution in [0.15, 0.2) is 35.9 Å². The molecule has 20 heavy (non-hydrogen) atoms. The molecule has 0 saturated carbocycles. The molecule has 0 radical (unpaired) electrons. The highest BCUT2D eigenvalue weighted by Crippen LogP contribution is 2.17. The van der Waals surface area contributed by atoms with Crippen LogP contribution in [0.2, 0.25) is 0 Å². The Morgan fingerprint density at radius 2 is 2.20 bits per heavy atom. The zero-order valence-electron chi connectivity index (χ0n) is 11.1. The molecule has 2 rings (SSSR count). The lowest BCUT2D eigenvalue weighted by Gasteiger charge is -2.14. The van der Waals surface area contributed by atoms with E-state index in [1.165, 1.54) is 11.6 Å². The van der Waals surface area contributed by atoms with Gasteiger partial charge in [0.15, 0.2) is 0 Å². The summed E-state index contributed by atoms with van der Waals surface area (Å²) >= 11 is 0. The van der Waals surface area contributed by atoms with Crippen LogP contribution >= 0.6 is 0 Å². The maximum Gasteiger partial charge on any atom is 0.273 e. The lowest BCUT2D eigenvalue weighted by molar-refractivity contribution is -0.385. The third kappa shape index (κ3) is 3.89. The topological polar surface area (TPSA) is 84.3 Å². The van der Waals surface area contributed by atoms with Gasteiger partial charge in [0.1, 0.15) is 0 Å². The van der Waals surface area contributed by atoms with Gasteiger partial charge in [-0.05, 0) is 13.0 Å². The van der Waals surface area contributed by atoms with E-state index in [4.69, 9.17) is 0 Å². The van der Waals surface area contributed by atoms with Crippen molar-refractivity contribution in [3.05, 3.63) is 51.6 Å². The van der Waals surface area contributed by atoms with Crippen LogP contribution in [0, 0.1) is 10.1 Å². The average molecular weight is 275 g/mol. The minimum Gasteiger partial charge on any atom is -0.352 e. The van der Waals surface area contributed by atoms with Gasteiger partial charge in [0.05, 0.1) is 11.3 Å². The molecular weight excluding hydrogens is 258 g/mol. The SMILES string of the molecule is O=C(Cc1ccccc1[N+](=O)[O-])NCC1=CCNCC1. The van der Waals surface area contributed by atoms with Crippen LogP contribution in [0.3, 0.4) is 0 Å². The van der Waals surface area contributed by atoms with E-state index in [-0.39, 0.29) is 18.0 Å². The third-order valence-electron chi connectivity index (χ3n) is 3.21. The van der Waals surface area contributed by atoms with Crippen LogP contribution in [-0.4, -0.2) is 30.5 Å². The number of nitrogens with one attached hydrogen (secondary N) is 2. The summed E-state index contributed by atoms with van der Waals surface area (Å²) in [4.78, 5) is 22.3. The summed E-state index contributed by atoms with van der Waals surface area (Å²) in [5.41, 5.74) is 1.62. The Balaban J connectivity index is 1.91. The van der Waals surface area contributed by atoms with Gasteiger partial charge in [-0.1, -0.05) is 29.8 Å². The molecule has 106 valence electrons. The molecule has 1 heterocycles. The van der Waals surface area contributed by atoms with Crippen molar-refractivity contribution in [2.24, 2.45) is 0 Å². The molecule has 6 heteroatoms. The van der Waals surface area contributed by atoms with E-state index < -0.39 is 4.92 Å². The minimum atomic E-state index is -0.460. The quantitative estimate of drug-likeness (QED) is 0.480. The molecule has 1 aromatic carbocycles. The molecule has 1 amide bonds. The molecule has 1 aliphatic rings. The van der Waals surface area contributed by atoms with Crippen LogP contribution in [-0.2, 0) is 11.2 Å². The summed E-state index contributed by atoms with van der Waals surface area (Å²) in [6.45, 7) is 2.27. The van der Waals surface area contributed by atoms with Crippen molar-refractivity contribution in [3.8, 4) is 0 Å². The van der Waals surface area contributed by atoms with Gasteiger partial charge in [-0.25, -0.2) is 0 Å². The summed E-state index contributed by atoms with van der Waals surface area (Å²) in [5.74, 6) is -0.196. The summed E-state index contributed by atoms with van der Waals surface area (Å²) in [6, 6.07) is 6.32. The smallest absolute Gasteiger partial charge is 0.273 e. The second kappa shape index (κ2) is 6.81. The molecular formula is C14H17N3O3. The van der Waals surface area contributed by atoms with Crippen molar-refractivity contribution < 1.29 is 9.72 Å². The number of hydrogen-bond donors (Lipinski definition) is 2. The number of carbonyl (C=O) groups is 1. The van der Waals surface area contributed by atoms with Gasteiger partial charge in [0.25, 0.3) is 5.69 Å². The van der Waals surface area contributed by atoms with Crippen molar-refractivity contribution >= 4 is 11.6 Å². The molecule has 6 nitrogen and oxygen atoms in total. The molecule has 1 aliphatic heterocycles. The summed E-state index contributed by atoms with van der Waals surface area (Å²) in [5, 5.41) is 16.9. The van der Waals surface area contributed by atoms with E-state index in [0.717, 1.165) is 19.5 Å². The van der Waals surface area contributed by atoms with Crippen molar-refractivity contribution in [1.82, 2.24) is 10.6 Å². The number of benzene rings is 1. The van der Waals surface area contributed by atoms with Crippen LogP contribution in [0.1, 0.15) is 12.0 Å². The fourth-order valence-electron chi connectivity index (χ4n) is 2.12. The van der Waals surface area contributed by atoms with Crippen LogP contribution < -0.4 is 10.6 Å². The van der Waals surface area contributed by atoms with Gasteiger partial charge >= 0.3 is 0 Å². The normalized spacial score (nSPS) is 14.5. The Hall–Kier alpha value is -2.21. The molecule has 1 aromatic rings. The summed E-state index contributed by atoms with van der Waals surface area (Å²) in [7, 11) is 0. The fraction of sp³-hybridized carbons (Fsp3) is 0.357. The lowest BCUT2D eigenvalue weighted by atomic mass is 10.1. The van der Waals surface area contributed by atoms with E-state index in [2.05, 4.69) is 16.7 Å². The molecule has 0 saturated heterocycles. The highest BCUT2D eigenvalue weighted by Gasteiger charge is 2.15. The Kier molecular flexibility index (Phi) is 4.84. The van der Waals surface area contributed by atoms with Gasteiger partial charge < -0.3 is 10.6 Å².